The number of tetrazole rings is 1. The smallest absolute Gasteiger partial charge is 0.247 e. The van der Waals surface area contributed by atoms with Gasteiger partial charge in [0.2, 0.25) is 5.95 Å². The quantitative estimate of drug-likeness (QED) is 0.809. The van der Waals surface area contributed by atoms with Gasteiger partial charge in [0.05, 0.1) is 5.69 Å². The van der Waals surface area contributed by atoms with Crippen LogP contribution in [0.5, 0.6) is 0 Å². The normalized spacial score (nSPS) is 15.6. The van der Waals surface area contributed by atoms with E-state index >= 15 is 0 Å². The molecule has 20 heavy (non-hydrogen) atoms. The lowest BCUT2D eigenvalue weighted by molar-refractivity contribution is 0.337. The Morgan fingerprint density at radius 3 is 2.70 bits per heavy atom. The summed E-state index contributed by atoms with van der Waals surface area (Å²) in [5.41, 5.74) is 0.972. The van der Waals surface area contributed by atoms with Crippen LogP contribution in [0.2, 0.25) is 0 Å². The van der Waals surface area contributed by atoms with E-state index in [0.717, 1.165) is 25.2 Å². The summed E-state index contributed by atoms with van der Waals surface area (Å²) in [6.45, 7) is 4.55. The van der Waals surface area contributed by atoms with Crippen molar-refractivity contribution in [3.05, 3.63) is 30.3 Å². The van der Waals surface area contributed by atoms with Gasteiger partial charge in [0, 0.05) is 6.54 Å². The second kappa shape index (κ2) is 6.47. The molecule has 0 aliphatic carbocycles. The number of nitrogens with zero attached hydrogens (tertiary/aromatic N) is 5. The van der Waals surface area contributed by atoms with Crippen LogP contribution in [0.4, 0.5) is 5.95 Å². The molecule has 3 rings (SSSR count). The van der Waals surface area contributed by atoms with Crippen molar-refractivity contribution in [1.82, 2.24) is 25.1 Å². The van der Waals surface area contributed by atoms with Crippen molar-refractivity contribution in [1.29, 1.82) is 0 Å². The first-order valence-electron chi connectivity index (χ1n) is 7.23. The van der Waals surface area contributed by atoms with Crippen LogP contribution in [-0.4, -0.2) is 51.3 Å². The van der Waals surface area contributed by atoms with Crippen molar-refractivity contribution >= 4 is 5.95 Å². The van der Waals surface area contributed by atoms with Gasteiger partial charge in [-0.25, -0.2) is 0 Å². The molecule has 0 radical (unpaired) electrons. The Balaban J connectivity index is 1.52. The van der Waals surface area contributed by atoms with E-state index in [9.17, 15) is 0 Å². The third-order valence-electron chi connectivity index (χ3n) is 3.60. The number of likely N-dealkylation sites (tertiary alicyclic amines) is 1. The van der Waals surface area contributed by atoms with Gasteiger partial charge in [-0.05, 0) is 61.5 Å². The van der Waals surface area contributed by atoms with Gasteiger partial charge in [-0.15, -0.1) is 0 Å². The summed E-state index contributed by atoms with van der Waals surface area (Å²) >= 11 is 0. The van der Waals surface area contributed by atoms with Gasteiger partial charge in [0.1, 0.15) is 0 Å². The van der Waals surface area contributed by atoms with Crippen LogP contribution in [0, 0.1) is 0 Å². The van der Waals surface area contributed by atoms with E-state index in [0.29, 0.717) is 5.95 Å². The number of hydrogen-bond donors (Lipinski definition) is 1. The summed E-state index contributed by atoms with van der Waals surface area (Å²) in [7, 11) is 0. The highest BCUT2D eigenvalue weighted by Gasteiger charge is 2.11. The Morgan fingerprint density at radius 2 is 1.90 bits per heavy atom. The zero-order chi connectivity index (χ0) is 13.6. The van der Waals surface area contributed by atoms with Gasteiger partial charge < -0.3 is 10.2 Å². The Bertz CT molecular complexity index is 517. The third-order valence-corrected chi connectivity index (χ3v) is 3.60. The molecule has 0 unspecified atom stereocenters. The number of nitrogens with one attached hydrogen (secondary N) is 1. The Labute approximate surface area is 118 Å². The molecule has 1 N–H and O–H groups in total. The van der Waals surface area contributed by atoms with E-state index in [1.54, 1.807) is 4.68 Å². The van der Waals surface area contributed by atoms with E-state index < -0.39 is 0 Å². The lowest BCUT2D eigenvalue weighted by Crippen LogP contribution is -2.22. The van der Waals surface area contributed by atoms with Crippen LogP contribution in [0.1, 0.15) is 19.3 Å². The Kier molecular flexibility index (Phi) is 4.22. The topological polar surface area (TPSA) is 58.9 Å². The zero-order valence-electron chi connectivity index (χ0n) is 11.6. The van der Waals surface area contributed by atoms with Gasteiger partial charge in [0.25, 0.3) is 0 Å². The van der Waals surface area contributed by atoms with Crippen molar-refractivity contribution < 1.29 is 0 Å². The van der Waals surface area contributed by atoms with Crippen LogP contribution in [0.15, 0.2) is 30.3 Å². The lowest BCUT2D eigenvalue weighted by Gasteiger charge is -2.14. The van der Waals surface area contributed by atoms with Gasteiger partial charge in [-0.2, -0.15) is 4.68 Å². The van der Waals surface area contributed by atoms with Crippen molar-refractivity contribution in [2.75, 3.05) is 31.5 Å². The second-order valence-electron chi connectivity index (χ2n) is 5.08. The molecule has 2 aromatic rings. The highest BCUT2D eigenvalue weighted by molar-refractivity contribution is 5.38. The molecule has 0 atom stereocenters. The molecule has 6 heteroatoms. The van der Waals surface area contributed by atoms with Crippen molar-refractivity contribution in [3.8, 4) is 5.69 Å². The molecule has 0 bridgehead atoms. The van der Waals surface area contributed by atoms with E-state index in [2.05, 4.69) is 25.7 Å². The minimum absolute atomic E-state index is 0.706. The average molecular weight is 272 g/mol. The highest BCUT2D eigenvalue weighted by atomic mass is 15.6. The summed E-state index contributed by atoms with van der Waals surface area (Å²) in [5.74, 6) is 0.706. The number of rotatable bonds is 6. The number of aromatic nitrogens is 4. The maximum absolute atomic E-state index is 4.04. The first-order chi connectivity index (χ1) is 9.93. The predicted molar refractivity (Wildman–Crippen MR) is 77.9 cm³/mol. The van der Waals surface area contributed by atoms with Crippen LogP contribution in [0.25, 0.3) is 5.69 Å². The minimum Gasteiger partial charge on any atom is -0.353 e. The van der Waals surface area contributed by atoms with E-state index in [1.165, 1.54) is 25.9 Å². The zero-order valence-corrected chi connectivity index (χ0v) is 11.6. The molecule has 1 aliphatic heterocycles. The standard InChI is InChI=1S/C14H20N6/c1-2-7-13(8-3-1)20-14(16-17-18-20)15-9-6-12-19-10-4-5-11-19/h1-3,7-8H,4-6,9-12H2,(H,15,16,18). The number of para-hydroxylation sites is 1. The van der Waals surface area contributed by atoms with Gasteiger partial charge in [0.15, 0.2) is 0 Å². The van der Waals surface area contributed by atoms with Crippen LogP contribution in [0.3, 0.4) is 0 Å². The fourth-order valence-electron chi connectivity index (χ4n) is 2.55. The Morgan fingerprint density at radius 1 is 1.10 bits per heavy atom. The van der Waals surface area contributed by atoms with Crippen molar-refractivity contribution in [3.63, 3.8) is 0 Å². The molecule has 1 aliphatic rings. The fraction of sp³-hybridized carbons (Fsp3) is 0.500. The second-order valence-corrected chi connectivity index (χ2v) is 5.08. The summed E-state index contributed by atoms with van der Waals surface area (Å²) in [5, 5.41) is 15.1. The molecule has 6 nitrogen and oxygen atoms in total. The van der Waals surface area contributed by atoms with Gasteiger partial charge >= 0.3 is 0 Å². The maximum Gasteiger partial charge on any atom is 0.247 e. The fourth-order valence-corrected chi connectivity index (χ4v) is 2.55. The molecule has 0 spiro atoms. The highest BCUT2D eigenvalue weighted by Crippen LogP contribution is 2.11. The molecule has 1 fully saturated rings. The molecule has 1 saturated heterocycles. The summed E-state index contributed by atoms with van der Waals surface area (Å²) in [6, 6.07) is 9.93. The number of anilines is 1. The predicted octanol–water partition coefficient (Wildman–Crippen LogP) is 1.56. The van der Waals surface area contributed by atoms with Gasteiger partial charge in [-0.3, -0.25) is 0 Å². The SMILES string of the molecule is c1ccc(-n2nnnc2NCCCN2CCCC2)cc1. The van der Waals surface area contributed by atoms with E-state index in [1.807, 2.05) is 30.3 Å². The largest absolute Gasteiger partial charge is 0.353 e. The molecular weight excluding hydrogens is 252 g/mol. The molecule has 2 heterocycles. The number of benzene rings is 1. The molecule has 1 aromatic carbocycles. The molecule has 0 amide bonds. The van der Waals surface area contributed by atoms with Gasteiger partial charge in [-0.1, -0.05) is 23.3 Å². The van der Waals surface area contributed by atoms with Crippen LogP contribution in [-0.2, 0) is 0 Å². The average Bonchev–Trinajstić information content (AvgIpc) is 3.16. The third kappa shape index (κ3) is 3.14. The van der Waals surface area contributed by atoms with Crippen molar-refractivity contribution in [2.24, 2.45) is 0 Å². The lowest BCUT2D eigenvalue weighted by atomic mass is 10.3. The first-order valence-corrected chi connectivity index (χ1v) is 7.23. The molecule has 106 valence electrons. The number of hydrogen-bond acceptors (Lipinski definition) is 5. The first kappa shape index (κ1) is 13.1. The van der Waals surface area contributed by atoms with Crippen LogP contribution < -0.4 is 5.32 Å². The van der Waals surface area contributed by atoms with Crippen molar-refractivity contribution in [2.45, 2.75) is 19.3 Å². The maximum atomic E-state index is 4.04. The minimum atomic E-state index is 0.706. The Hall–Kier alpha value is -1.95. The molecule has 0 saturated carbocycles. The van der Waals surface area contributed by atoms with Crippen LogP contribution >= 0.6 is 0 Å². The summed E-state index contributed by atoms with van der Waals surface area (Å²) in [4.78, 5) is 2.52. The van der Waals surface area contributed by atoms with E-state index in [4.69, 9.17) is 0 Å². The summed E-state index contributed by atoms with van der Waals surface area (Å²) in [6.07, 6.45) is 3.81. The molecular formula is C14H20N6. The monoisotopic (exact) mass is 272 g/mol. The van der Waals surface area contributed by atoms with E-state index in [-0.39, 0.29) is 0 Å². The summed E-state index contributed by atoms with van der Waals surface area (Å²) < 4.78 is 1.73. The molecule has 1 aromatic heterocycles.